The van der Waals surface area contributed by atoms with E-state index in [9.17, 15) is 4.79 Å². The van der Waals surface area contributed by atoms with E-state index in [1.165, 1.54) is 0 Å². The first-order valence-electron chi connectivity index (χ1n) is 4.83. The monoisotopic (exact) mass is 184 g/mol. The number of amides is 1. The molecule has 0 aromatic carbocycles. The van der Waals surface area contributed by atoms with Crippen LogP contribution in [0.1, 0.15) is 6.42 Å². The van der Waals surface area contributed by atoms with E-state index in [1.54, 1.807) is 0 Å². The number of hydrogen-bond donors (Lipinski definition) is 0. The van der Waals surface area contributed by atoms with Gasteiger partial charge in [0.15, 0.2) is 0 Å². The molecule has 0 bridgehead atoms. The molecule has 0 saturated carbocycles. The van der Waals surface area contributed by atoms with Crippen LogP contribution in [-0.2, 0) is 9.53 Å². The van der Waals surface area contributed by atoms with Crippen LogP contribution in [-0.4, -0.2) is 61.6 Å². The average Bonchev–Trinajstić information content (AvgIpc) is 2.56. The summed E-state index contributed by atoms with van der Waals surface area (Å²) in [4.78, 5) is 15.7. The first kappa shape index (κ1) is 8.97. The summed E-state index contributed by atoms with van der Waals surface area (Å²) < 4.78 is 5.28. The van der Waals surface area contributed by atoms with Crippen LogP contribution >= 0.6 is 0 Å². The molecule has 2 heterocycles. The lowest BCUT2D eigenvalue weighted by Crippen LogP contribution is -2.53. The van der Waals surface area contributed by atoms with Gasteiger partial charge in [0.05, 0.1) is 19.2 Å². The number of hydrogen-bond acceptors (Lipinski definition) is 3. The van der Waals surface area contributed by atoms with Crippen LogP contribution < -0.4 is 0 Å². The number of ether oxygens (including phenoxy) is 1. The molecule has 2 aliphatic rings. The zero-order valence-corrected chi connectivity index (χ0v) is 8.03. The Morgan fingerprint density at radius 1 is 1.46 bits per heavy atom. The number of rotatable bonds is 1. The molecule has 0 aromatic heterocycles. The fourth-order valence-corrected chi connectivity index (χ4v) is 1.96. The zero-order valence-electron chi connectivity index (χ0n) is 8.03. The van der Waals surface area contributed by atoms with Gasteiger partial charge in [-0.1, -0.05) is 0 Å². The summed E-state index contributed by atoms with van der Waals surface area (Å²) in [6, 6.07) is 0.348. The van der Waals surface area contributed by atoms with Crippen molar-refractivity contribution in [2.75, 3.05) is 39.9 Å². The Labute approximate surface area is 78.4 Å². The molecule has 13 heavy (non-hydrogen) atoms. The molecular formula is C9H16N2O2. The summed E-state index contributed by atoms with van der Waals surface area (Å²) in [6.07, 6.45) is 1.01. The molecule has 0 aliphatic carbocycles. The molecular weight excluding hydrogens is 168 g/mol. The minimum absolute atomic E-state index is 0.254. The number of carbonyl (C=O) groups excluding carboxylic acids is 1. The van der Waals surface area contributed by atoms with E-state index in [0.29, 0.717) is 12.6 Å². The highest BCUT2D eigenvalue weighted by molar-refractivity contribution is 5.79. The Balaban J connectivity index is 1.95. The summed E-state index contributed by atoms with van der Waals surface area (Å²) in [7, 11) is 1.99. The van der Waals surface area contributed by atoms with Crippen molar-refractivity contribution in [2.45, 2.75) is 12.5 Å². The van der Waals surface area contributed by atoms with Crippen molar-refractivity contribution in [3.8, 4) is 0 Å². The molecule has 0 radical (unpaired) electrons. The van der Waals surface area contributed by atoms with Crippen LogP contribution in [0.3, 0.4) is 0 Å². The predicted molar refractivity (Wildman–Crippen MR) is 48.4 cm³/mol. The number of likely N-dealkylation sites (N-methyl/N-ethyl adjacent to an activating group) is 1. The molecule has 2 aliphatic heterocycles. The van der Waals surface area contributed by atoms with Crippen molar-refractivity contribution in [2.24, 2.45) is 0 Å². The normalized spacial score (nSPS) is 31.3. The quantitative estimate of drug-likeness (QED) is 0.553. The highest BCUT2D eigenvalue weighted by Crippen LogP contribution is 2.14. The maximum atomic E-state index is 11.6. The topological polar surface area (TPSA) is 32.8 Å². The van der Waals surface area contributed by atoms with Gasteiger partial charge in [0.25, 0.3) is 0 Å². The van der Waals surface area contributed by atoms with E-state index in [2.05, 4.69) is 4.90 Å². The lowest BCUT2D eigenvalue weighted by molar-refractivity contribution is -0.138. The summed E-state index contributed by atoms with van der Waals surface area (Å²) in [5, 5.41) is 0. The van der Waals surface area contributed by atoms with E-state index >= 15 is 0 Å². The standard InChI is InChI=1S/C9H16N2O2/c1-10-3-4-11(9(12)6-10)8-2-5-13-7-8/h8H,2-7H2,1H3. The van der Waals surface area contributed by atoms with Crippen LogP contribution in [0.5, 0.6) is 0 Å². The molecule has 0 aromatic rings. The van der Waals surface area contributed by atoms with Crippen LogP contribution in [0.2, 0.25) is 0 Å². The van der Waals surface area contributed by atoms with E-state index in [1.807, 2.05) is 11.9 Å². The van der Waals surface area contributed by atoms with Crippen molar-refractivity contribution in [3.05, 3.63) is 0 Å². The fraction of sp³-hybridized carbons (Fsp3) is 0.889. The molecule has 0 spiro atoms. The third kappa shape index (κ3) is 1.84. The number of piperazine rings is 1. The van der Waals surface area contributed by atoms with Gasteiger partial charge in [-0.3, -0.25) is 9.69 Å². The van der Waals surface area contributed by atoms with Gasteiger partial charge in [-0.05, 0) is 13.5 Å². The van der Waals surface area contributed by atoms with Crippen LogP contribution in [0.25, 0.3) is 0 Å². The fourth-order valence-electron chi connectivity index (χ4n) is 1.96. The molecule has 2 rings (SSSR count). The number of nitrogens with zero attached hydrogens (tertiary/aromatic N) is 2. The smallest absolute Gasteiger partial charge is 0.237 e. The zero-order chi connectivity index (χ0) is 9.26. The van der Waals surface area contributed by atoms with E-state index in [4.69, 9.17) is 4.74 Å². The van der Waals surface area contributed by atoms with Crippen molar-refractivity contribution in [1.29, 1.82) is 0 Å². The van der Waals surface area contributed by atoms with Crippen molar-refractivity contribution in [3.63, 3.8) is 0 Å². The second kappa shape index (κ2) is 3.64. The van der Waals surface area contributed by atoms with Crippen molar-refractivity contribution < 1.29 is 9.53 Å². The van der Waals surface area contributed by atoms with Gasteiger partial charge in [-0.25, -0.2) is 0 Å². The third-order valence-corrected chi connectivity index (χ3v) is 2.79. The predicted octanol–water partition coefficient (Wildman–Crippen LogP) is -0.451. The SMILES string of the molecule is CN1CCN(C2CCOC2)C(=O)C1. The molecule has 2 saturated heterocycles. The van der Waals surface area contributed by atoms with Gasteiger partial charge in [-0.15, -0.1) is 0 Å². The molecule has 4 heteroatoms. The lowest BCUT2D eigenvalue weighted by Gasteiger charge is -2.35. The van der Waals surface area contributed by atoms with Crippen LogP contribution in [0, 0.1) is 0 Å². The second-order valence-corrected chi connectivity index (χ2v) is 3.84. The average molecular weight is 184 g/mol. The lowest BCUT2D eigenvalue weighted by atomic mass is 10.2. The van der Waals surface area contributed by atoms with E-state index in [-0.39, 0.29) is 5.91 Å². The first-order valence-corrected chi connectivity index (χ1v) is 4.83. The van der Waals surface area contributed by atoms with Gasteiger partial charge in [0, 0.05) is 19.7 Å². The molecule has 2 fully saturated rings. The second-order valence-electron chi connectivity index (χ2n) is 3.84. The number of carbonyl (C=O) groups is 1. The molecule has 0 N–H and O–H groups in total. The largest absolute Gasteiger partial charge is 0.379 e. The van der Waals surface area contributed by atoms with E-state index < -0.39 is 0 Å². The Morgan fingerprint density at radius 2 is 2.31 bits per heavy atom. The first-order chi connectivity index (χ1) is 6.27. The highest BCUT2D eigenvalue weighted by Gasteiger charge is 2.30. The van der Waals surface area contributed by atoms with Gasteiger partial charge < -0.3 is 9.64 Å². The van der Waals surface area contributed by atoms with E-state index in [0.717, 1.165) is 32.7 Å². The van der Waals surface area contributed by atoms with Crippen molar-refractivity contribution >= 4 is 5.91 Å². The van der Waals surface area contributed by atoms with Gasteiger partial charge in [0.2, 0.25) is 5.91 Å². The summed E-state index contributed by atoms with van der Waals surface area (Å²) in [6.45, 7) is 3.96. The molecule has 4 nitrogen and oxygen atoms in total. The molecule has 1 amide bonds. The Morgan fingerprint density at radius 3 is 2.92 bits per heavy atom. The van der Waals surface area contributed by atoms with Crippen LogP contribution in [0.15, 0.2) is 0 Å². The van der Waals surface area contributed by atoms with Gasteiger partial charge in [0.1, 0.15) is 0 Å². The van der Waals surface area contributed by atoms with Crippen molar-refractivity contribution in [1.82, 2.24) is 9.80 Å². The van der Waals surface area contributed by atoms with Crippen LogP contribution in [0.4, 0.5) is 0 Å². The highest BCUT2D eigenvalue weighted by atomic mass is 16.5. The summed E-state index contributed by atoms with van der Waals surface area (Å²) >= 11 is 0. The Hall–Kier alpha value is -0.610. The van der Waals surface area contributed by atoms with Gasteiger partial charge >= 0.3 is 0 Å². The molecule has 1 unspecified atom stereocenters. The third-order valence-electron chi connectivity index (χ3n) is 2.79. The minimum atomic E-state index is 0.254. The Bertz CT molecular complexity index is 202. The molecule has 74 valence electrons. The van der Waals surface area contributed by atoms with Gasteiger partial charge in [-0.2, -0.15) is 0 Å². The molecule has 1 atom stereocenters. The maximum Gasteiger partial charge on any atom is 0.237 e. The Kier molecular flexibility index (Phi) is 2.51. The maximum absolute atomic E-state index is 11.6. The summed E-state index contributed by atoms with van der Waals surface area (Å²) in [5.74, 6) is 0.254. The minimum Gasteiger partial charge on any atom is -0.379 e. The summed E-state index contributed by atoms with van der Waals surface area (Å²) in [5.41, 5.74) is 0.